The molecule has 0 bridgehead atoms. The smallest absolute Gasteiger partial charge is 0.481 e. The number of carboxylic acid groups (broad SMARTS) is 1. The molecule has 8 heteroatoms. The normalized spacial score (nSPS) is 11.3. The highest BCUT2D eigenvalue weighted by Gasteiger charge is 2.31. The number of carboxylic acids is 1. The lowest BCUT2D eigenvalue weighted by Gasteiger charge is -2.10. The Bertz CT molecular complexity index is 687. The van der Waals surface area contributed by atoms with Crippen LogP contribution in [0.4, 0.5) is 13.2 Å². The number of aromatic nitrogens is 1. The second-order valence-corrected chi connectivity index (χ2v) is 4.65. The second kappa shape index (κ2) is 6.23. The molecule has 0 aliphatic heterocycles. The van der Waals surface area contributed by atoms with Gasteiger partial charge in [0.15, 0.2) is 0 Å². The van der Waals surface area contributed by atoms with Crippen molar-refractivity contribution in [3.05, 3.63) is 47.1 Å². The third-order valence-electron chi connectivity index (χ3n) is 2.67. The predicted octanol–water partition coefficient (Wildman–Crippen LogP) is 3.93. The van der Waals surface area contributed by atoms with Crippen LogP contribution in [-0.2, 0) is 11.2 Å². The van der Waals surface area contributed by atoms with Crippen molar-refractivity contribution in [2.24, 2.45) is 0 Å². The molecular formula is C14H9ClF3NO3. The van der Waals surface area contributed by atoms with Crippen molar-refractivity contribution >= 4 is 17.6 Å². The summed E-state index contributed by atoms with van der Waals surface area (Å²) in [5.41, 5.74) is 1.11. The molecule has 0 unspecified atom stereocenters. The van der Waals surface area contributed by atoms with Crippen molar-refractivity contribution in [2.75, 3.05) is 0 Å². The number of pyridine rings is 1. The number of aliphatic carboxylic acids is 1. The molecule has 0 aliphatic carbocycles. The third kappa shape index (κ3) is 4.11. The van der Waals surface area contributed by atoms with Gasteiger partial charge in [0, 0.05) is 11.8 Å². The molecule has 4 nitrogen and oxygen atoms in total. The summed E-state index contributed by atoms with van der Waals surface area (Å²) in [7, 11) is 0. The van der Waals surface area contributed by atoms with E-state index < -0.39 is 12.3 Å². The zero-order valence-electron chi connectivity index (χ0n) is 10.9. The minimum Gasteiger partial charge on any atom is -0.481 e. The van der Waals surface area contributed by atoms with Crippen molar-refractivity contribution in [3.63, 3.8) is 0 Å². The van der Waals surface area contributed by atoms with Crippen molar-refractivity contribution < 1.29 is 27.8 Å². The molecule has 0 saturated heterocycles. The van der Waals surface area contributed by atoms with Crippen LogP contribution < -0.4 is 4.74 Å². The molecule has 0 atom stereocenters. The minimum atomic E-state index is -4.77. The van der Waals surface area contributed by atoms with Gasteiger partial charge in [0.2, 0.25) is 0 Å². The molecule has 1 aromatic heterocycles. The Labute approximate surface area is 128 Å². The monoisotopic (exact) mass is 331 g/mol. The number of benzene rings is 1. The first-order valence-corrected chi connectivity index (χ1v) is 6.35. The summed E-state index contributed by atoms with van der Waals surface area (Å²) in [6.45, 7) is 0. The zero-order chi connectivity index (χ0) is 16.3. The maximum atomic E-state index is 12.1. The fourth-order valence-corrected chi connectivity index (χ4v) is 2.09. The molecule has 1 aromatic carbocycles. The van der Waals surface area contributed by atoms with Gasteiger partial charge in [-0.05, 0) is 35.9 Å². The summed E-state index contributed by atoms with van der Waals surface area (Å²) in [6.07, 6.45) is -3.65. The quantitative estimate of drug-likeness (QED) is 0.922. The second-order valence-electron chi connectivity index (χ2n) is 4.28. The molecule has 2 rings (SSSR count). The van der Waals surface area contributed by atoms with E-state index in [-0.39, 0.29) is 17.2 Å². The van der Waals surface area contributed by atoms with Crippen LogP contribution in [0.3, 0.4) is 0 Å². The van der Waals surface area contributed by atoms with Gasteiger partial charge in [0.25, 0.3) is 0 Å². The van der Waals surface area contributed by atoms with Crippen molar-refractivity contribution in [2.45, 2.75) is 12.8 Å². The Morgan fingerprint density at radius 1 is 1.23 bits per heavy atom. The fraction of sp³-hybridized carbons (Fsp3) is 0.143. The topological polar surface area (TPSA) is 59.4 Å². The predicted molar refractivity (Wildman–Crippen MR) is 72.7 cm³/mol. The number of rotatable bonds is 4. The van der Waals surface area contributed by atoms with E-state index in [4.69, 9.17) is 16.7 Å². The molecule has 1 N–H and O–H groups in total. The lowest BCUT2D eigenvalue weighted by Crippen LogP contribution is -2.16. The molecule has 1 heterocycles. The molecular weight excluding hydrogens is 323 g/mol. The van der Waals surface area contributed by atoms with Crippen LogP contribution in [0.5, 0.6) is 5.75 Å². The zero-order valence-corrected chi connectivity index (χ0v) is 11.6. The van der Waals surface area contributed by atoms with E-state index in [0.29, 0.717) is 16.8 Å². The van der Waals surface area contributed by atoms with Gasteiger partial charge in [-0.1, -0.05) is 11.6 Å². The van der Waals surface area contributed by atoms with Crippen LogP contribution in [0.25, 0.3) is 11.3 Å². The average Bonchev–Trinajstić information content (AvgIpc) is 2.40. The first-order chi connectivity index (χ1) is 10.3. The van der Waals surface area contributed by atoms with Gasteiger partial charge in [-0.15, -0.1) is 13.2 Å². The first-order valence-electron chi connectivity index (χ1n) is 5.97. The van der Waals surface area contributed by atoms with E-state index in [1.807, 2.05) is 0 Å². The number of carbonyl (C=O) groups is 1. The van der Waals surface area contributed by atoms with Gasteiger partial charge in [-0.2, -0.15) is 0 Å². The Morgan fingerprint density at radius 3 is 2.41 bits per heavy atom. The molecule has 22 heavy (non-hydrogen) atoms. The first kappa shape index (κ1) is 16.1. The minimum absolute atomic E-state index is 0.148. The summed E-state index contributed by atoms with van der Waals surface area (Å²) in [6, 6.07) is 6.45. The van der Waals surface area contributed by atoms with Gasteiger partial charge in [0.05, 0.1) is 17.1 Å². The number of halogens is 4. The maximum absolute atomic E-state index is 12.1. The highest BCUT2D eigenvalue weighted by Crippen LogP contribution is 2.31. The van der Waals surface area contributed by atoms with Crippen molar-refractivity contribution in [1.29, 1.82) is 0 Å². The molecule has 0 fully saturated rings. The highest BCUT2D eigenvalue weighted by molar-refractivity contribution is 6.34. The largest absolute Gasteiger partial charge is 0.573 e. The summed E-state index contributed by atoms with van der Waals surface area (Å²) in [5, 5.41) is 8.94. The van der Waals surface area contributed by atoms with E-state index in [2.05, 4.69) is 9.72 Å². The summed E-state index contributed by atoms with van der Waals surface area (Å²) in [5.74, 6) is -1.41. The Balaban J connectivity index is 2.30. The molecule has 0 spiro atoms. The van der Waals surface area contributed by atoms with Crippen LogP contribution in [0.15, 0.2) is 36.5 Å². The Kier molecular flexibility index (Phi) is 4.56. The van der Waals surface area contributed by atoms with Crippen LogP contribution in [-0.4, -0.2) is 22.4 Å². The number of nitrogens with zero attached hydrogens (tertiary/aromatic N) is 1. The van der Waals surface area contributed by atoms with Gasteiger partial charge >= 0.3 is 12.3 Å². The van der Waals surface area contributed by atoms with Gasteiger partial charge in [-0.3, -0.25) is 9.78 Å². The number of hydrogen-bond donors (Lipinski definition) is 1. The molecule has 0 radical (unpaired) electrons. The van der Waals surface area contributed by atoms with Crippen LogP contribution in [0.2, 0.25) is 5.02 Å². The fourth-order valence-electron chi connectivity index (χ4n) is 1.80. The van der Waals surface area contributed by atoms with E-state index in [1.165, 1.54) is 24.4 Å². The molecule has 0 aliphatic rings. The van der Waals surface area contributed by atoms with E-state index >= 15 is 0 Å². The van der Waals surface area contributed by atoms with Gasteiger partial charge < -0.3 is 9.84 Å². The molecule has 0 saturated carbocycles. The highest BCUT2D eigenvalue weighted by atomic mass is 35.5. The van der Waals surface area contributed by atoms with E-state index in [0.717, 1.165) is 12.1 Å². The summed E-state index contributed by atoms with van der Waals surface area (Å²) in [4.78, 5) is 14.8. The van der Waals surface area contributed by atoms with Crippen molar-refractivity contribution in [1.82, 2.24) is 4.98 Å². The lowest BCUT2D eigenvalue weighted by molar-refractivity contribution is -0.274. The van der Waals surface area contributed by atoms with Gasteiger partial charge in [-0.25, -0.2) is 0 Å². The van der Waals surface area contributed by atoms with Crippen molar-refractivity contribution in [3.8, 4) is 17.0 Å². The molecule has 0 amide bonds. The van der Waals surface area contributed by atoms with Crippen LogP contribution >= 0.6 is 11.6 Å². The molecule has 116 valence electrons. The average molecular weight is 332 g/mol. The number of hydrogen-bond acceptors (Lipinski definition) is 3. The summed E-state index contributed by atoms with van der Waals surface area (Å²) < 4.78 is 40.0. The van der Waals surface area contributed by atoms with E-state index in [9.17, 15) is 18.0 Å². The Morgan fingerprint density at radius 2 is 1.86 bits per heavy atom. The SMILES string of the molecule is O=C(O)Cc1ccnc(-c2ccc(OC(F)(F)F)cc2)c1Cl. The van der Waals surface area contributed by atoms with Gasteiger partial charge in [0.1, 0.15) is 5.75 Å². The summed E-state index contributed by atoms with van der Waals surface area (Å²) >= 11 is 6.10. The third-order valence-corrected chi connectivity index (χ3v) is 3.09. The van der Waals surface area contributed by atoms with Crippen LogP contribution in [0.1, 0.15) is 5.56 Å². The lowest BCUT2D eigenvalue weighted by atomic mass is 10.1. The Hall–Kier alpha value is -2.28. The van der Waals surface area contributed by atoms with E-state index in [1.54, 1.807) is 0 Å². The standard InChI is InChI=1S/C14H9ClF3NO3/c15-12-9(7-11(20)21)5-6-19-13(12)8-1-3-10(4-2-8)22-14(16,17)18/h1-6H,7H2,(H,20,21). The number of alkyl halides is 3. The number of ether oxygens (including phenoxy) is 1. The van der Waals surface area contributed by atoms with Crippen LogP contribution in [0, 0.1) is 0 Å². The molecule has 2 aromatic rings. The maximum Gasteiger partial charge on any atom is 0.573 e.